The number of sulfonamides is 1. The SMILES string of the molecule is COC1(CNS(=O)(=O)CBr)C2CC3CC(C2)CC1C3. The van der Waals surface area contributed by atoms with Gasteiger partial charge >= 0.3 is 0 Å². The number of halogens is 1. The van der Waals surface area contributed by atoms with Gasteiger partial charge in [-0.15, -0.1) is 0 Å². The van der Waals surface area contributed by atoms with Crippen LogP contribution in [0.2, 0.25) is 0 Å². The summed E-state index contributed by atoms with van der Waals surface area (Å²) >= 11 is 3.02. The zero-order valence-electron chi connectivity index (χ0n) is 11.3. The Bertz CT molecular complexity index is 423. The number of ether oxygens (including phenoxy) is 1. The maximum Gasteiger partial charge on any atom is 0.221 e. The van der Waals surface area contributed by atoms with Crippen LogP contribution < -0.4 is 4.72 Å². The van der Waals surface area contributed by atoms with Gasteiger partial charge in [0, 0.05) is 13.7 Å². The van der Waals surface area contributed by atoms with Crippen molar-refractivity contribution in [1.29, 1.82) is 0 Å². The Hall–Kier alpha value is 0.350. The average Bonchev–Trinajstić information content (AvgIpc) is 2.38. The first-order chi connectivity index (χ1) is 8.99. The highest BCUT2D eigenvalue weighted by molar-refractivity contribution is 9.10. The molecule has 0 aromatic carbocycles. The first-order valence-electron chi connectivity index (χ1n) is 7.07. The fraction of sp³-hybridized carbons (Fsp3) is 1.00. The van der Waals surface area contributed by atoms with Crippen molar-refractivity contribution in [3.05, 3.63) is 0 Å². The fourth-order valence-corrected chi connectivity index (χ4v) is 5.95. The summed E-state index contributed by atoms with van der Waals surface area (Å²) in [7, 11) is -1.46. The minimum Gasteiger partial charge on any atom is -0.376 e. The molecule has 4 aliphatic rings. The monoisotopic (exact) mass is 351 g/mol. The quantitative estimate of drug-likeness (QED) is 0.771. The lowest BCUT2D eigenvalue weighted by Gasteiger charge is -2.60. The van der Waals surface area contributed by atoms with E-state index in [-0.39, 0.29) is 10.3 Å². The van der Waals surface area contributed by atoms with Crippen molar-refractivity contribution in [2.24, 2.45) is 23.7 Å². The molecule has 4 rings (SSSR count). The Morgan fingerprint density at radius 3 is 2.11 bits per heavy atom. The van der Waals surface area contributed by atoms with Gasteiger partial charge in [0.15, 0.2) is 0 Å². The number of rotatable bonds is 5. The van der Waals surface area contributed by atoms with Gasteiger partial charge in [-0.25, -0.2) is 13.1 Å². The maximum absolute atomic E-state index is 11.7. The molecule has 4 nitrogen and oxygen atoms in total. The van der Waals surface area contributed by atoms with Crippen molar-refractivity contribution in [3.8, 4) is 0 Å². The lowest BCUT2D eigenvalue weighted by molar-refractivity contribution is -0.185. The highest BCUT2D eigenvalue weighted by atomic mass is 79.9. The summed E-state index contributed by atoms with van der Waals surface area (Å²) in [4.78, 5) is 0. The molecule has 4 bridgehead atoms. The second-order valence-corrected chi connectivity index (χ2v) is 9.62. The maximum atomic E-state index is 11.7. The van der Waals surface area contributed by atoms with E-state index >= 15 is 0 Å². The number of nitrogens with one attached hydrogen (secondary N) is 1. The molecule has 0 saturated heterocycles. The third-order valence-corrected chi connectivity index (χ3v) is 8.29. The number of methoxy groups -OCH3 is 1. The third-order valence-electron chi connectivity index (χ3n) is 5.61. The van der Waals surface area contributed by atoms with Crippen molar-refractivity contribution in [1.82, 2.24) is 4.72 Å². The Morgan fingerprint density at radius 2 is 1.68 bits per heavy atom. The van der Waals surface area contributed by atoms with Crippen LogP contribution >= 0.6 is 15.9 Å². The van der Waals surface area contributed by atoms with Gasteiger partial charge in [-0.2, -0.15) is 0 Å². The van der Waals surface area contributed by atoms with Crippen LogP contribution in [0.3, 0.4) is 0 Å². The topological polar surface area (TPSA) is 55.4 Å². The van der Waals surface area contributed by atoms with Gasteiger partial charge in [-0.05, 0) is 55.8 Å². The molecule has 6 heteroatoms. The summed E-state index contributed by atoms with van der Waals surface area (Å²) in [5.74, 6) is 2.79. The minimum absolute atomic E-state index is 0.0413. The number of hydrogen-bond acceptors (Lipinski definition) is 3. The molecule has 0 aromatic rings. The molecule has 0 unspecified atom stereocenters. The molecule has 0 heterocycles. The van der Waals surface area contributed by atoms with Gasteiger partial charge in [0.1, 0.15) is 4.66 Å². The van der Waals surface area contributed by atoms with E-state index in [0.717, 1.165) is 11.8 Å². The molecule has 1 N–H and O–H groups in total. The van der Waals surface area contributed by atoms with Crippen LogP contribution in [0.5, 0.6) is 0 Å². The Balaban J connectivity index is 1.79. The van der Waals surface area contributed by atoms with Crippen molar-refractivity contribution in [3.63, 3.8) is 0 Å². The highest BCUT2D eigenvalue weighted by Crippen LogP contribution is 2.59. The fourth-order valence-electron chi connectivity index (χ4n) is 4.94. The van der Waals surface area contributed by atoms with Gasteiger partial charge in [0.2, 0.25) is 10.0 Å². The summed E-state index contributed by atoms with van der Waals surface area (Å²) in [6.07, 6.45) is 6.27. The standard InChI is InChI=1S/C13H22BrNO3S/c1-18-13(7-15-19(16,17)8-14)11-3-9-2-10(5-11)6-12(13)4-9/h9-12,15H,2-8H2,1H3. The molecule has 0 aromatic heterocycles. The number of alkyl halides is 1. The summed E-state index contributed by atoms with van der Waals surface area (Å²) in [5, 5.41) is 0. The summed E-state index contributed by atoms with van der Waals surface area (Å²) < 4.78 is 32.0. The van der Waals surface area contributed by atoms with Crippen molar-refractivity contribution in [2.75, 3.05) is 18.3 Å². The van der Waals surface area contributed by atoms with Crippen molar-refractivity contribution >= 4 is 26.0 Å². The predicted molar refractivity (Wildman–Crippen MR) is 77.5 cm³/mol. The van der Waals surface area contributed by atoms with Crippen molar-refractivity contribution < 1.29 is 13.2 Å². The van der Waals surface area contributed by atoms with Gasteiger partial charge in [0.05, 0.1) is 5.60 Å². The molecular weight excluding hydrogens is 330 g/mol. The molecule has 0 radical (unpaired) electrons. The molecule has 110 valence electrons. The van der Waals surface area contributed by atoms with Gasteiger partial charge < -0.3 is 4.74 Å². The third kappa shape index (κ3) is 2.39. The van der Waals surface area contributed by atoms with Crippen LogP contribution in [0.1, 0.15) is 32.1 Å². The lowest BCUT2D eigenvalue weighted by atomic mass is 9.50. The molecule has 4 aliphatic carbocycles. The van der Waals surface area contributed by atoms with E-state index in [9.17, 15) is 8.42 Å². The molecule has 0 atom stereocenters. The largest absolute Gasteiger partial charge is 0.376 e. The lowest BCUT2D eigenvalue weighted by Crippen LogP contribution is -2.63. The molecular formula is C13H22BrNO3S. The summed E-state index contributed by atoms with van der Waals surface area (Å²) in [6.45, 7) is 0.437. The van der Waals surface area contributed by atoms with E-state index in [2.05, 4.69) is 20.7 Å². The van der Waals surface area contributed by atoms with E-state index in [1.54, 1.807) is 7.11 Å². The average molecular weight is 352 g/mol. The molecule has 0 amide bonds. The normalized spacial score (nSPS) is 44.7. The molecule has 0 spiro atoms. The first-order valence-corrected chi connectivity index (χ1v) is 9.85. The molecule has 4 saturated carbocycles. The van der Waals surface area contributed by atoms with Crippen LogP contribution in [-0.4, -0.2) is 32.3 Å². The van der Waals surface area contributed by atoms with E-state index in [4.69, 9.17) is 4.74 Å². The zero-order chi connectivity index (χ0) is 13.7. The minimum atomic E-state index is -3.21. The van der Waals surface area contributed by atoms with Crippen LogP contribution in [-0.2, 0) is 14.8 Å². The Labute approximate surface area is 123 Å². The second kappa shape index (κ2) is 4.97. The van der Waals surface area contributed by atoms with Crippen LogP contribution in [0.4, 0.5) is 0 Å². The second-order valence-electron chi connectivity index (χ2n) is 6.51. The predicted octanol–water partition coefficient (Wildman–Crippen LogP) is 2.10. The molecule has 19 heavy (non-hydrogen) atoms. The van der Waals surface area contributed by atoms with Crippen molar-refractivity contribution in [2.45, 2.75) is 37.7 Å². The molecule has 0 aliphatic heterocycles. The van der Waals surface area contributed by atoms with Crippen LogP contribution in [0.15, 0.2) is 0 Å². The van der Waals surface area contributed by atoms with E-state index in [1.807, 2.05) is 0 Å². The Morgan fingerprint density at radius 1 is 1.16 bits per heavy atom. The summed E-state index contributed by atoms with van der Waals surface area (Å²) in [6, 6.07) is 0. The zero-order valence-corrected chi connectivity index (χ0v) is 13.7. The van der Waals surface area contributed by atoms with Gasteiger partial charge in [0.25, 0.3) is 0 Å². The van der Waals surface area contributed by atoms with E-state index < -0.39 is 10.0 Å². The summed E-state index contributed by atoms with van der Waals surface area (Å²) in [5.41, 5.74) is -0.261. The first kappa shape index (κ1) is 14.3. The van der Waals surface area contributed by atoms with Crippen LogP contribution in [0.25, 0.3) is 0 Å². The Kier molecular flexibility index (Phi) is 3.74. The highest BCUT2D eigenvalue weighted by Gasteiger charge is 2.57. The van der Waals surface area contributed by atoms with Crippen LogP contribution in [0, 0.1) is 23.7 Å². The molecule has 4 fully saturated rings. The number of hydrogen-bond donors (Lipinski definition) is 1. The van der Waals surface area contributed by atoms with Gasteiger partial charge in [-0.1, -0.05) is 15.9 Å². The van der Waals surface area contributed by atoms with Gasteiger partial charge in [-0.3, -0.25) is 0 Å². The van der Waals surface area contributed by atoms with E-state index in [0.29, 0.717) is 18.4 Å². The van der Waals surface area contributed by atoms with E-state index in [1.165, 1.54) is 32.1 Å². The smallest absolute Gasteiger partial charge is 0.221 e.